The van der Waals surface area contributed by atoms with Crippen molar-refractivity contribution in [2.45, 2.75) is 128 Å². The van der Waals surface area contributed by atoms with E-state index < -0.39 is 13.9 Å². The Hall–Kier alpha value is -2.44. The molecule has 1 unspecified atom stereocenters. The molecule has 6 heteroatoms. The topological polar surface area (TPSA) is 61.8 Å². The van der Waals surface area contributed by atoms with E-state index in [4.69, 9.17) is 13.9 Å². The lowest BCUT2D eigenvalue weighted by molar-refractivity contribution is -0.166. The summed E-state index contributed by atoms with van der Waals surface area (Å²) in [4.78, 5) is 25.0. The fraction of sp³-hybridized carbons (Fsp3) is 0.611. The zero-order valence-corrected chi connectivity index (χ0v) is 27.6. The van der Waals surface area contributed by atoms with Crippen molar-refractivity contribution in [2.75, 3.05) is 13.2 Å². The molecule has 2 aromatic rings. The van der Waals surface area contributed by atoms with Crippen LogP contribution in [0.4, 0.5) is 0 Å². The van der Waals surface area contributed by atoms with Gasteiger partial charge in [-0.3, -0.25) is 9.59 Å². The number of hydrogen-bond donors (Lipinski definition) is 0. The largest absolute Gasteiger partial charge is 0.461 e. The summed E-state index contributed by atoms with van der Waals surface area (Å²) >= 11 is 0. The third kappa shape index (κ3) is 9.80. The fourth-order valence-corrected chi connectivity index (χ4v) is 10.8. The maximum absolute atomic E-state index is 12.7. The van der Waals surface area contributed by atoms with Crippen molar-refractivity contribution >= 4 is 30.6 Å². The van der Waals surface area contributed by atoms with Gasteiger partial charge < -0.3 is 13.9 Å². The molecule has 1 heterocycles. The molecule has 1 saturated heterocycles. The van der Waals surface area contributed by atoms with E-state index in [-0.39, 0.29) is 30.2 Å². The van der Waals surface area contributed by atoms with Crippen LogP contribution in [0.3, 0.4) is 0 Å². The van der Waals surface area contributed by atoms with Gasteiger partial charge >= 0.3 is 11.9 Å². The quantitative estimate of drug-likeness (QED) is 0.0940. The van der Waals surface area contributed by atoms with Crippen molar-refractivity contribution in [3.8, 4) is 0 Å². The molecule has 0 saturated carbocycles. The number of ether oxygens (including phenoxy) is 2. The second-order valence-corrected chi connectivity index (χ2v) is 17.4. The summed E-state index contributed by atoms with van der Waals surface area (Å²) in [6.45, 7) is 9.15. The number of benzene rings is 2. The highest BCUT2D eigenvalue weighted by Gasteiger charge is 2.53. The lowest BCUT2D eigenvalue weighted by Crippen LogP contribution is -2.67. The van der Waals surface area contributed by atoms with Crippen LogP contribution in [0.2, 0.25) is 5.04 Å². The number of unbranched alkanes of at least 4 members (excludes halogenated alkanes) is 10. The van der Waals surface area contributed by atoms with E-state index in [0.717, 1.165) is 29.6 Å². The highest BCUT2D eigenvalue weighted by molar-refractivity contribution is 6.99. The molecule has 3 rings (SSSR count). The van der Waals surface area contributed by atoms with Crippen molar-refractivity contribution in [2.24, 2.45) is 0 Å². The van der Waals surface area contributed by atoms with Gasteiger partial charge in [-0.15, -0.1) is 0 Å². The molecule has 5 nitrogen and oxygen atoms in total. The molecular formula is C36H54O5Si. The van der Waals surface area contributed by atoms with Gasteiger partial charge in [0.15, 0.2) is 5.60 Å². The van der Waals surface area contributed by atoms with Gasteiger partial charge in [0, 0.05) is 19.3 Å². The minimum atomic E-state index is -2.82. The number of esters is 2. The predicted molar refractivity (Wildman–Crippen MR) is 174 cm³/mol. The average molecular weight is 595 g/mol. The van der Waals surface area contributed by atoms with E-state index in [1.807, 2.05) is 12.1 Å². The minimum Gasteiger partial charge on any atom is -0.461 e. The van der Waals surface area contributed by atoms with Gasteiger partial charge in [0.1, 0.15) is 6.61 Å². The molecular weight excluding hydrogens is 540 g/mol. The Morgan fingerprint density at radius 1 is 0.786 bits per heavy atom. The van der Waals surface area contributed by atoms with Crippen LogP contribution in [-0.2, 0) is 23.5 Å². The van der Waals surface area contributed by atoms with Crippen molar-refractivity contribution < 1.29 is 23.5 Å². The molecule has 1 aliphatic rings. The molecule has 0 spiro atoms. The Morgan fingerprint density at radius 2 is 1.29 bits per heavy atom. The molecule has 2 aromatic carbocycles. The van der Waals surface area contributed by atoms with Crippen molar-refractivity contribution in [1.82, 2.24) is 0 Å². The molecule has 232 valence electrons. The summed E-state index contributed by atoms with van der Waals surface area (Å²) in [5.74, 6) is -0.485. The maximum Gasteiger partial charge on any atom is 0.306 e. The maximum atomic E-state index is 12.7. The van der Waals surface area contributed by atoms with E-state index in [0.29, 0.717) is 19.3 Å². The monoisotopic (exact) mass is 594 g/mol. The van der Waals surface area contributed by atoms with Crippen LogP contribution in [-0.4, -0.2) is 39.1 Å². The molecule has 1 atom stereocenters. The number of carbonyl (C=O) groups excluding carboxylic acids is 2. The normalized spacial score (nSPS) is 17.3. The third-order valence-corrected chi connectivity index (χ3v) is 13.5. The molecule has 0 aromatic heterocycles. The number of rotatable bonds is 19. The summed E-state index contributed by atoms with van der Waals surface area (Å²) in [5, 5.41) is 2.12. The van der Waals surface area contributed by atoms with Crippen LogP contribution in [0.5, 0.6) is 0 Å². The molecule has 0 bridgehead atoms. The van der Waals surface area contributed by atoms with Gasteiger partial charge in [0.25, 0.3) is 8.32 Å². The van der Waals surface area contributed by atoms with Gasteiger partial charge in [0.2, 0.25) is 0 Å². The molecule has 0 radical (unpaired) electrons. The standard InChI is InChI=1S/C36H54O5Si/c1-5-6-7-8-9-10-11-12-13-14-21-26-33(37)39-29-36(28-27-34(38)41-36)30-40-42(35(2,3)4,31-22-17-15-18-23-31)32-24-19-16-20-25-32/h15-20,22-25H,5-14,21,26-30H2,1-4H3. The molecule has 0 amide bonds. The van der Waals surface area contributed by atoms with E-state index in [1.54, 1.807) is 0 Å². The average Bonchev–Trinajstić information content (AvgIpc) is 3.36. The Bertz CT molecular complexity index is 1030. The van der Waals surface area contributed by atoms with Gasteiger partial charge in [-0.1, -0.05) is 153 Å². The SMILES string of the molecule is CCCCCCCCCCCCCC(=O)OCC1(CO[Si](c2ccccc2)(c2ccccc2)C(C)(C)C)CCC(=O)O1. The molecule has 1 fully saturated rings. The molecule has 0 N–H and O–H groups in total. The molecule has 0 aliphatic carbocycles. The highest BCUT2D eigenvalue weighted by atomic mass is 28.4. The van der Waals surface area contributed by atoms with E-state index >= 15 is 0 Å². The van der Waals surface area contributed by atoms with Crippen molar-refractivity contribution in [1.29, 1.82) is 0 Å². The Labute approximate surface area is 255 Å². The fourth-order valence-electron chi connectivity index (χ4n) is 6.14. The van der Waals surface area contributed by atoms with Crippen LogP contribution in [0, 0.1) is 0 Å². The summed E-state index contributed by atoms with van der Waals surface area (Å²) in [6.07, 6.45) is 14.8. The molecule has 42 heavy (non-hydrogen) atoms. The van der Waals surface area contributed by atoms with E-state index in [2.05, 4.69) is 76.2 Å². The van der Waals surface area contributed by atoms with E-state index in [1.165, 1.54) is 51.4 Å². The number of cyclic esters (lactones) is 1. The van der Waals surface area contributed by atoms with Gasteiger partial charge in [0.05, 0.1) is 6.61 Å². The second kappa shape index (κ2) is 17.0. The summed E-state index contributed by atoms with van der Waals surface area (Å²) in [6, 6.07) is 20.8. The van der Waals surface area contributed by atoms with Crippen LogP contribution in [0.1, 0.15) is 118 Å². The lowest BCUT2D eigenvalue weighted by Gasteiger charge is -2.44. The van der Waals surface area contributed by atoms with E-state index in [9.17, 15) is 9.59 Å². The Morgan fingerprint density at radius 3 is 1.74 bits per heavy atom. The summed E-state index contributed by atoms with van der Waals surface area (Å²) in [5.41, 5.74) is -0.961. The van der Waals surface area contributed by atoms with Crippen LogP contribution < -0.4 is 10.4 Å². The van der Waals surface area contributed by atoms with Gasteiger partial charge in [-0.05, 0) is 21.8 Å². The Kier molecular flexibility index (Phi) is 13.8. The van der Waals surface area contributed by atoms with Gasteiger partial charge in [-0.2, -0.15) is 0 Å². The summed E-state index contributed by atoms with van der Waals surface area (Å²) < 4.78 is 18.7. The zero-order chi connectivity index (χ0) is 30.3. The summed E-state index contributed by atoms with van der Waals surface area (Å²) in [7, 11) is -2.82. The van der Waals surface area contributed by atoms with Crippen LogP contribution in [0.15, 0.2) is 60.7 Å². The second-order valence-electron chi connectivity index (χ2n) is 13.1. The first kappa shape index (κ1) is 34.1. The molecule has 1 aliphatic heterocycles. The first-order valence-corrected chi connectivity index (χ1v) is 18.3. The predicted octanol–water partition coefficient (Wildman–Crippen LogP) is 7.88. The lowest BCUT2D eigenvalue weighted by atomic mass is 10.0. The van der Waals surface area contributed by atoms with Crippen LogP contribution in [0.25, 0.3) is 0 Å². The number of hydrogen-bond acceptors (Lipinski definition) is 5. The first-order valence-electron chi connectivity index (χ1n) is 16.3. The smallest absolute Gasteiger partial charge is 0.306 e. The number of carbonyl (C=O) groups is 2. The van der Waals surface area contributed by atoms with Crippen LogP contribution >= 0.6 is 0 Å². The van der Waals surface area contributed by atoms with Crippen molar-refractivity contribution in [3.63, 3.8) is 0 Å². The highest BCUT2D eigenvalue weighted by Crippen LogP contribution is 2.38. The minimum absolute atomic E-state index is 0.0355. The zero-order valence-electron chi connectivity index (χ0n) is 26.6. The van der Waals surface area contributed by atoms with Crippen molar-refractivity contribution in [3.05, 3.63) is 60.7 Å². The Balaban J connectivity index is 1.56. The third-order valence-electron chi connectivity index (χ3n) is 8.56. The first-order chi connectivity index (χ1) is 20.2. The van der Waals surface area contributed by atoms with Gasteiger partial charge in [-0.25, -0.2) is 0 Å².